The van der Waals surface area contributed by atoms with Gasteiger partial charge in [-0.2, -0.15) is 0 Å². The van der Waals surface area contributed by atoms with Crippen molar-refractivity contribution >= 4 is 30.7 Å². The fraction of sp³-hybridized carbons (Fsp3) is 0.650. The van der Waals surface area contributed by atoms with Gasteiger partial charge in [0.15, 0.2) is 0 Å². The summed E-state index contributed by atoms with van der Waals surface area (Å²) in [5.74, 6) is 0.278. The Balaban J connectivity index is 0.00000312. The van der Waals surface area contributed by atoms with Gasteiger partial charge < -0.3 is 10.6 Å². The van der Waals surface area contributed by atoms with E-state index < -0.39 is 0 Å². The van der Waals surface area contributed by atoms with E-state index in [9.17, 15) is 4.79 Å². The molecule has 0 bridgehead atoms. The minimum Gasteiger partial charge on any atom is -0.338 e. The molecule has 1 heterocycles. The molecular weight excluding hydrogens is 369 g/mol. The highest BCUT2D eigenvalue weighted by Gasteiger charge is 2.27. The number of piperidine rings is 1. The molecule has 150 valence electrons. The molecular formula is C20H35Cl2N3O. The van der Waals surface area contributed by atoms with E-state index in [1.165, 1.54) is 5.56 Å². The number of carbonyl (C=O) groups excluding carboxylic acids is 1. The maximum absolute atomic E-state index is 12.7. The van der Waals surface area contributed by atoms with Crippen LogP contribution in [0.2, 0.25) is 0 Å². The first-order valence-corrected chi connectivity index (χ1v) is 9.41. The van der Waals surface area contributed by atoms with Gasteiger partial charge >= 0.3 is 0 Å². The average molecular weight is 404 g/mol. The molecule has 0 spiro atoms. The third kappa shape index (κ3) is 8.26. The lowest BCUT2D eigenvalue weighted by atomic mass is 10.0. The van der Waals surface area contributed by atoms with Crippen LogP contribution in [0, 0.1) is 0 Å². The smallest absolute Gasteiger partial charge is 0.222 e. The summed E-state index contributed by atoms with van der Waals surface area (Å²) in [7, 11) is 0. The summed E-state index contributed by atoms with van der Waals surface area (Å²) >= 11 is 0. The lowest BCUT2D eigenvalue weighted by molar-refractivity contribution is -0.135. The minimum atomic E-state index is 0. The van der Waals surface area contributed by atoms with E-state index in [4.69, 9.17) is 5.73 Å². The summed E-state index contributed by atoms with van der Waals surface area (Å²) in [5, 5.41) is 0. The van der Waals surface area contributed by atoms with Gasteiger partial charge in [-0.05, 0) is 44.7 Å². The molecule has 1 aliphatic heterocycles. The molecule has 1 saturated heterocycles. The maximum Gasteiger partial charge on any atom is 0.222 e. The summed E-state index contributed by atoms with van der Waals surface area (Å²) in [6, 6.07) is 11.1. The second kappa shape index (κ2) is 13.4. The number of likely N-dealkylation sites (tertiary alicyclic amines) is 1. The van der Waals surface area contributed by atoms with Crippen LogP contribution in [-0.2, 0) is 11.3 Å². The van der Waals surface area contributed by atoms with Gasteiger partial charge in [0.05, 0.1) is 0 Å². The topological polar surface area (TPSA) is 49.6 Å². The van der Waals surface area contributed by atoms with Gasteiger partial charge in [0.1, 0.15) is 0 Å². The first-order valence-electron chi connectivity index (χ1n) is 9.41. The second-order valence-corrected chi connectivity index (χ2v) is 7.12. The molecule has 0 aromatic heterocycles. The Hall–Kier alpha value is -0.810. The second-order valence-electron chi connectivity index (χ2n) is 7.12. The number of rotatable bonds is 8. The molecule has 2 atom stereocenters. The third-order valence-corrected chi connectivity index (χ3v) is 4.77. The zero-order chi connectivity index (χ0) is 17.4. The molecule has 6 heteroatoms. The molecule has 26 heavy (non-hydrogen) atoms. The highest BCUT2D eigenvalue weighted by atomic mass is 35.5. The average Bonchev–Trinajstić information content (AvgIpc) is 2.58. The highest BCUT2D eigenvalue weighted by Crippen LogP contribution is 2.19. The fourth-order valence-electron chi connectivity index (χ4n) is 3.52. The predicted octanol–water partition coefficient (Wildman–Crippen LogP) is 3.86. The van der Waals surface area contributed by atoms with Crippen LogP contribution in [0.15, 0.2) is 30.3 Å². The number of hydrogen-bond donors (Lipinski definition) is 1. The molecule has 1 aliphatic rings. The van der Waals surface area contributed by atoms with Crippen molar-refractivity contribution in [3.05, 3.63) is 35.9 Å². The van der Waals surface area contributed by atoms with Crippen LogP contribution in [0.5, 0.6) is 0 Å². The van der Waals surface area contributed by atoms with Crippen molar-refractivity contribution in [1.82, 2.24) is 9.80 Å². The SMILES string of the molecule is CCCN(C(=O)CCC(C)N)C1CCCN(Cc2ccccc2)C1.Cl.Cl. The number of hydrogen-bond acceptors (Lipinski definition) is 3. The van der Waals surface area contributed by atoms with Gasteiger partial charge in [0.2, 0.25) is 5.91 Å². The van der Waals surface area contributed by atoms with E-state index in [0.29, 0.717) is 12.5 Å². The number of nitrogens with two attached hydrogens (primary N) is 1. The predicted molar refractivity (Wildman–Crippen MR) is 114 cm³/mol. The van der Waals surface area contributed by atoms with Crippen LogP contribution in [0.3, 0.4) is 0 Å². The zero-order valence-electron chi connectivity index (χ0n) is 16.1. The Morgan fingerprint density at radius 2 is 2.00 bits per heavy atom. The van der Waals surface area contributed by atoms with E-state index in [1.807, 2.05) is 6.92 Å². The third-order valence-electron chi connectivity index (χ3n) is 4.77. The Morgan fingerprint density at radius 1 is 1.31 bits per heavy atom. The van der Waals surface area contributed by atoms with Crippen molar-refractivity contribution in [3.8, 4) is 0 Å². The Kier molecular flexibility index (Phi) is 13.0. The van der Waals surface area contributed by atoms with E-state index in [-0.39, 0.29) is 36.8 Å². The molecule has 2 N–H and O–H groups in total. The van der Waals surface area contributed by atoms with E-state index >= 15 is 0 Å². The van der Waals surface area contributed by atoms with Crippen LogP contribution in [0.4, 0.5) is 0 Å². The number of amides is 1. The first kappa shape index (κ1) is 25.2. The van der Waals surface area contributed by atoms with E-state index in [1.54, 1.807) is 0 Å². The molecule has 0 radical (unpaired) electrons. The minimum absolute atomic E-state index is 0. The number of benzene rings is 1. The number of carbonyl (C=O) groups is 1. The molecule has 4 nitrogen and oxygen atoms in total. The summed E-state index contributed by atoms with van der Waals surface area (Å²) in [4.78, 5) is 17.3. The molecule has 2 unspecified atom stereocenters. The standard InChI is InChI=1S/C20H33N3O.2ClH/c1-3-13-23(20(24)12-11-17(2)21)19-10-7-14-22(16-19)15-18-8-5-4-6-9-18;;/h4-6,8-9,17,19H,3,7,10-16,21H2,1-2H3;2*1H. The summed E-state index contributed by atoms with van der Waals surface area (Å²) < 4.78 is 0. The Bertz CT molecular complexity index is 499. The van der Waals surface area contributed by atoms with Gasteiger partial charge in [-0.15, -0.1) is 24.8 Å². The normalized spacial score (nSPS) is 18.3. The van der Waals surface area contributed by atoms with Gasteiger partial charge in [0, 0.05) is 38.1 Å². The zero-order valence-corrected chi connectivity index (χ0v) is 17.7. The Morgan fingerprint density at radius 3 is 2.62 bits per heavy atom. The molecule has 2 rings (SSSR count). The van der Waals surface area contributed by atoms with Crippen LogP contribution in [0.25, 0.3) is 0 Å². The fourth-order valence-corrected chi connectivity index (χ4v) is 3.52. The van der Waals surface area contributed by atoms with E-state index in [2.05, 4.69) is 47.1 Å². The summed E-state index contributed by atoms with van der Waals surface area (Å²) in [6.07, 6.45) is 4.65. The van der Waals surface area contributed by atoms with Crippen molar-refractivity contribution < 1.29 is 4.79 Å². The molecule has 0 aliphatic carbocycles. The van der Waals surface area contributed by atoms with Gasteiger partial charge in [-0.25, -0.2) is 0 Å². The molecule has 1 aromatic carbocycles. The number of nitrogens with zero attached hydrogens (tertiary/aromatic N) is 2. The Labute approximate surface area is 171 Å². The van der Waals surface area contributed by atoms with Crippen molar-refractivity contribution in [3.63, 3.8) is 0 Å². The van der Waals surface area contributed by atoms with Crippen LogP contribution >= 0.6 is 24.8 Å². The number of halogens is 2. The van der Waals surface area contributed by atoms with E-state index in [0.717, 1.165) is 51.9 Å². The van der Waals surface area contributed by atoms with Gasteiger partial charge in [0.25, 0.3) is 0 Å². The van der Waals surface area contributed by atoms with Crippen LogP contribution in [-0.4, -0.2) is 47.4 Å². The highest BCUT2D eigenvalue weighted by molar-refractivity contribution is 5.85. The summed E-state index contributed by atoms with van der Waals surface area (Å²) in [6.45, 7) is 8.07. The lowest BCUT2D eigenvalue weighted by Crippen LogP contribution is -2.50. The molecule has 0 saturated carbocycles. The van der Waals surface area contributed by atoms with Crippen molar-refractivity contribution in [2.45, 2.75) is 64.6 Å². The molecule has 1 fully saturated rings. The molecule has 1 amide bonds. The van der Waals surface area contributed by atoms with Gasteiger partial charge in [-0.1, -0.05) is 37.3 Å². The van der Waals surface area contributed by atoms with Crippen LogP contribution in [0.1, 0.15) is 51.5 Å². The monoisotopic (exact) mass is 403 g/mol. The van der Waals surface area contributed by atoms with Gasteiger partial charge in [-0.3, -0.25) is 9.69 Å². The van der Waals surface area contributed by atoms with Crippen molar-refractivity contribution in [2.75, 3.05) is 19.6 Å². The first-order chi connectivity index (χ1) is 11.6. The van der Waals surface area contributed by atoms with Crippen molar-refractivity contribution in [2.24, 2.45) is 5.73 Å². The van der Waals surface area contributed by atoms with Crippen LogP contribution < -0.4 is 5.73 Å². The summed E-state index contributed by atoms with van der Waals surface area (Å²) in [5.41, 5.74) is 7.17. The maximum atomic E-state index is 12.7. The largest absolute Gasteiger partial charge is 0.338 e. The van der Waals surface area contributed by atoms with Crippen molar-refractivity contribution in [1.29, 1.82) is 0 Å². The molecule has 1 aromatic rings. The quantitative estimate of drug-likeness (QED) is 0.716. The lowest BCUT2D eigenvalue weighted by Gasteiger charge is -2.39.